The van der Waals surface area contributed by atoms with Gasteiger partial charge in [0.1, 0.15) is 0 Å². The van der Waals surface area contributed by atoms with Crippen molar-refractivity contribution in [2.45, 2.75) is 5.41 Å². The Bertz CT molecular complexity index is 3360. The van der Waals surface area contributed by atoms with Gasteiger partial charge in [-0.1, -0.05) is 188 Å². The van der Waals surface area contributed by atoms with Crippen molar-refractivity contribution in [1.29, 1.82) is 0 Å². The molecule has 1 aliphatic rings. The standard InChI is InChI=1S/C59H40N2/c1-5-20-42(21-6-1)53-38-49(40-57-58(53)52-30-16-18-32-56(52)61(57)46-27-11-4-12-28-46)60(47-34-33-41-19-13-14-22-43(41)37-47)48-35-36-51-50-29-15-17-31-54(50)59(55(51)39-48,44-23-7-2-8-24-44)45-25-9-3-10-26-45/h1-40H. The molecule has 0 radical (unpaired) electrons. The summed E-state index contributed by atoms with van der Waals surface area (Å²) in [5.74, 6) is 0. The second-order valence-electron chi connectivity index (χ2n) is 16.1. The predicted molar refractivity (Wildman–Crippen MR) is 256 cm³/mol. The predicted octanol–water partition coefficient (Wildman–Crippen LogP) is 15.4. The van der Waals surface area contributed by atoms with Crippen molar-refractivity contribution in [2.24, 2.45) is 0 Å². The van der Waals surface area contributed by atoms with Gasteiger partial charge < -0.3 is 9.47 Å². The molecule has 10 aromatic carbocycles. The first-order chi connectivity index (χ1) is 30.3. The Kier molecular flexibility index (Phi) is 8.11. The summed E-state index contributed by atoms with van der Waals surface area (Å²) >= 11 is 0. The molecule has 12 rings (SSSR count). The minimum atomic E-state index is -0.529. The Morgan fingerprint density at radius 1 is 0.344 bits per heavy atom. The van der Waals surface area contributed by atoms with Crippen molar-refractivity contribution in [3.05, 3.63) is 265 Å². The van der Waals surface area contributed by atoms with E-state index in [0.717, 1.165) is 28.3 Å². The number of para-hydroxylation sites is 2. The van der Waals surface area contributed by atoms with Crippen LogP contribution >= 0.6 is 0 Å². The van der Waals surface area contributed by atoms with Crippen LogP contribution in [0, 0.1) is 0 Å². The van der Waals surface area contributed by atoms with Crippen LogP contribution in [-0.4, -0.2) is 4.57 Å². The Balaban J connectivity index is 1.19. The molecule has 1 aliphatic carbocycles. The van der Waals surface area contributed by atoms with E-state index in [1.807, 2.05) is 0 Å². The van der Waals surface area contributed by atoms with Gasteiger partial charge in [-0.2, -0.15) is 0 Å². The molecule has 0 aliphatic heterocycles. The molecule has 0 saturated carbocycles. The zero-order valence-corrected chi connectivity index (χ0v) is 33.5. The molecule has 11 aromatic rings. The molecule has 1 aromatic heterocycles. The molecule has 0 amide bonds. The average molecular weight is 777 g/mol. The molecule has 0 unspecified atom stereocenters. The fourth-order valence-electron chi connectivity index (χ4n) is 10.2. The van der Waals surface area contributed by atoms with Crippen molar-refractivity contribution in [3.63, 3.8) is 0 Å². The van der Waals surface area contributed by atoms with Gasteiger partial charge in [-0.3, -0.25) is 0 Å². The first kappa shape index (κ1) is 35.0. The molecule has 61 heavy (non-hydrogen) atoms. The van der Waals surface area contributed by atoms with Gasteiger partial charge in [0, 0.05) is 33.5 Å². The molecular weight excluding hydrogens is 737 g/mol. The molecule has 286 valence electrons. The van der Waals surface area contributed by atoms with E-state index in [1.165, 1.54) is 71.6 Å². The lowest BCUT2D eigenvalue weighted by molar-refractivity contribution is 0.768. The van der Waals surface area contributed by atoms with E-state index in [0.29, 0.717) is 0 Å². The van der Waals surface area contributed by atoms with E-state index in [2.05, 4.69) is 252 Å². The monoisotopic (exact) mass is 776 g/mol. The molecule has 2 nitrogen and oxygen atoms in total. The summed E-state index contributed by atoms with van der Waals surface area (Å²) < 4.78 is 2.44. The van der Waals surface area contributed by atoms with E-state index in [4.69, 9.17) is 0 Å². The molecule has 2 heteroatoms. The van der Waals surface area contributed by atoms with Crippen molar-refractivity contribution in [2.75, 3.05) is 4.90 Å². The van der Waals surface area contributed by atoms with Crippen LogP contribution in [0.1, 0.15) is 22.3 Å². The fraction of sp³-hybridized carbons (Fsp3) is 0.0169. The zero-order valence-electron chi connectivity index (χ0n) is 33.5. The van der Waals surface area contributed by atoms with Gasteiger partial charge in [0.15, 0.2) is 0 Å². The first-order valence-corrected chi connectivity index (χ1v) is 21.1. The summed E-state index contributed by atoms with van der Waals surface area (Å²) in [7, 11) is 0. The van der Waals surface area contributed by atoms with Crippen molar-refractivity contribution in [3.8, 4) is 27.9 Å². The number of hydrogen-bond acceptors (Lipinski definition) is 1. The summed E-state index contributed by atoms with van der Waals surface area (Å²) in [5.41, 5.74) is 16.2. The quantitative estimate of drug-likeness (QED) is 0.156. The maximum Gasteiger partial charge on any atom is 0.0714 e. The van der Waals surface area contributed by atoms with Crippen molar-refractivity contribution < 1.29 is 0 Å². The van der Waals surface area contributed by atoms with Gasteiger partial charge in [-0.15, -0.1) is 0 Å². The molecule has 0 fully saturated rings. The highest BCUT2D eigenvalue weighted by Gasteiger charge is 2.46. The second-order valence-corrected chi connectivity index (χ2v) is 16.1. The minimum Gasteiger partial charge on any atom is -0.310 e. The lowest BCUT2D eigenvalue weighted by atomic mass is 9.67. The Labute approximate surface area is 355 Å². The number of anilines is 3. The molecule has 0 bridgehead atoms. The lowest BCUT2D eigenvalue weighted by Gasteiger charge is -2.35. The van der Waals surface area contributed by atoms with Gasteiger partial charge in [-0.25, -0.2) is 0 Å². The van der Waals surface area contributed by atoms with E-state index < -0.39 is 5.41 Å². The molecular formula is C59H40N2. The van der Waals surface area contributed by atoms with Crippen LogP contribution in [0.15, 0.2) is 243 Å². The maximum atomic E-state index is 2.48. The van der Waals surface area contributed by atoms with Gasteiger partial charge >= 0.3 is 0 Å². The summed E-state index contributed by atoms with van der Waals surface area (Å²) in [6, 6.07) is 89.2. The number of nitrogens with zero attached hydrogens (tertiary/aromatic N) is 2. The lowest BCUT2D eigenvalue weighted by Crippen LogP contribution is -2.28. The average Bonchev–Trinajstić information content (AvgIpc) is 3.83. The van der Waals surface area contributed by atoms with E-state index in [1.54, 1.807) is 0 Å². The van der Waals surface area contributed by atoms with Crippen LogP contribution < -0.4 is 4.90 Å². The maximum absolute atomic E-state index is 2.48. The smallest absolute Gasteiger partial charge is 0.0714 e. The van der Waals surface area contributed by atoms with E-state index in [-0.39, 0.29) is 0 Å². The second kappa shape index (κ2) is 14.1. The van der Waals surface area contributed by atoms with Crippen LogP contribution in [0.5, 0.6) is 0 Å². The van der Waals surface area contributed by atoms with Crippen molar-refractivity contribution in [1.82, 2.24) is 4.57 Å². The molecule has 0 atom stereocenters. The normalized spacial score (nSPS) is 12.7. The third kappa shape index (κ3) is 5.43. The van der Waals surface area contributed by atoms with Gasteiger partial charge in [-0.05, 0) is 110 Å². The molecule has 0 saturated heterocycles. The molecule has 1 heterocycles. The Morgan fingerprint density at radius 2 is 0.918 bits per heavy atom. The third-order valence-electron chi connectivity index (χ3n) is 12.8. The summed E-state index contributed by atoms with van der Waals surface area (Å²) in [4.78, 5) is 2.48. The van der Waals surface area contributed by atoms with Crippen LogP contribution in [-0.2, 0) is 5.41 Å². The zero-order chi connectivity index (χ0) is 40.3. The SMILES string of the molecule is c1ccc(-c2cc(N(c3ccc4c(c3)C(c3ccccc3)(c3ccccc3)c3ccccc3-4)c3ccc4ccccc4c3)cc3c2c2ccccc2n3-c2ccccc2)cc1. The molecule has 0 N–H and O–H groups in total. The summed E-state index contributed by atoms with van der Waals surface area (Å²) in [6.07, 6.45) is 0. The highest BCUT2D eigenvalue weighted by Crippen LogP contribution is 2.57. The number of benzene rings is 10. The van der Waals surface area contributed by atoms with Gasteiger partial charge in [0.25, 0.3) is 0 Å². The van der Waals surface area contributed by atoms with Crippen LogP contribution in [0.4, 0.5) is 17.1 Å². The summed E-state index contributed by atoms with van der Waals surface area (Å²) in [6.45, 7) is 0. The van der Waals surface area contributed by atoms with Gasteiger partial charge in [0.2, 0.25) is 0 Å². The van der Waals surface area contributed by atoms with E-state index in [9.17, 15) is 0 Å². The van der Waals surface area contributed by atoms with Crippen LogP contribution in [0.25, 0.3) is 60.5 Å². The van der Waals surface area contributed by atoms with Crippen LogP contribution in [0.2, 0.25) is 0 Å². The highest BCUT2D eigenvalue weighted by molar-refractivity contribution is 6.17. The Morgan fingerprint density at radius 3 is 1.67 bits per heavy atom. The highest BCUT2D eigenvalue weighted by atomic mass is 15.1. The number of hydrogen-bond donors (Lipinski definition) is 0. The fourth-order valence-corrected chi connectivity index (χ4v) is 10.2. The van der Waals surface area contributed by atoms with E-state index >= 15 is 0 Å². The third-order valence-corrected chi connectivity index (χ3v) is 12.8. The van der Waals surface area contributed by atoms with Crippen molar-refractivity contribution >= 4 is 49.6 Å². The van der Waals surface area contributed by atoms with Gasteiger partial charge in [0.05, 0.1) is 16.4 Å². The van der Waals surface area contributed by atoms with Crippen LogP contribution in [0.3, 0.4) is 0 Å². The summed E-state index contributed by atoms with van der Waals surface area (Å²) in [5, 5.41) is 4.89. The first-order valence-electron chi connectivity index (χ1n) is 21.1. The largest absolute Gasteiger partial charge is 0.310 e. The minimum absolute atomic E-state index is 0.529. The number of fused-ring (bicyclic) bond motifs is 7. The Hall–Kier alpha value is -7.94. The topological polar surface area (TPSA) is 8.17 Å². The number of aromatic nitrogens is 1. The molecule has 0 spiro atoms. The number of rotatable bonds is 7.